The van der Waals surface area contributed by atoms with Gasteiger partial charge < -0.3 is 11.1 Å². The Labute approximate surface area is 109 Å². The van der Waals surface area contributed by atoms with Crippen molar-refractivity contribution in [2.45, 2.75) is 12.8 Å². The number of amides is 1. The number of anilines is 2. The summed E-state index contributed by atoms with van der Waals surface area (Å²) in [5.41, 5.74) is 7.08. The van der Waals surface area contributed by atoms with Crippen LogP contribution in [-0.2, 0) is 4.79 Å². The smallest absolute Gasteiger partial charge is 0.238 e. The summed E-state index contributed by atoms with van der Waals surface area (Å²) >= 11 is 3.38. The van der Waals surface area contributed by atoms with E-state index < -0.39 is 0 Å². The summed E-state index contributed by atoms with van der Waals surface area (Å²) in [7, 11) is 0. The van der Waals surface area contributed by atoms with Crippen molar-refractivity contribution in [1.82, 2.24) is 4.90 Å². The second-order valence-corrected chi connectivity index (χ2v) is 5.13. The lowest BCUT2D eigenvalue weighted by molar-refractivity contribution is -0.117. The van der Waals surface area contributed by atoms with E-state index in [0.29, 0.717) is 12.2 Å². The Morgan fingerprint density at radius 3 is 2.76 bits per heavy atom. The summed E-state index contributed by atoms with van der Waals surface area (Å²) in [6.45, 7) is 2.52. The van der Waals surface area contributed by atoms with E-state index in [2.05, 4.69) is 26.1 Å². The highest BCUT2D eigenvalue weighted by Crippen LogP contribution is 2.24. The number of carbonyl (C=O) groups is 1. The Kier molecular flexibility index (Phi) is 4.02. The zero-order chi connectivity index (χ0) is 12.3. The van der Waals surface area contributed by atoms with Gasteiger partial charge in [-0.05, 0) is 60.1 Å². The fraction of sp³-hybridized carbons (Fsp3) is 0.417. The van der Waals surface area contributed by atoms with E-state index in [1.807, 2.05) is 0 Å². The molecular formula is C12H16BrN3O. The number of halogens is 1. The summed E-state index contributed by atoms with van der Waals surface area (Å²) in [6.07, 6.45) is 2.39. The highest BCUT2D eigenvalue weighted by atomic mass is 79.9. The summed E-state index contributed by atoms with van der Waals surface area (Å²) in [5.74, 6) is 0.0253. The van der Waals surface area contributed by atoms with Crippen molar-refractivity contribution in [1.29, 1.82) is 0 Å². The molecule has 0 unspecified atom stereocenters. The fourth-order valence-electron chi connectivity index (χ4n) is 1.97. The second-order valence-electron chi connectivity index (χ2n) is 4.27. The molecule has 92 valence electrons. The SMILES string of the molecule is Nc1ccc(NC(=O)CN2CCCC2)c(Br)c1. The number of hydrogen-bond donors (Lipinski definition) is 2. The summed E-state index contributed by atoms with van der Waals surface area (Å²) in [6, 6.07) is 5.36. The fourth-order valence-corrected chi connectivity index (χ4v) is 2.46. The first-order valence-electron chi connectivity index (χ1n) is 5.72. The molecule has 1 aliphatic heterocycles. The highest BCUT2D eigenvalue weighted by molar-refractivity contribution is 9.10. The van der Waals surface area contributed by atoms with Gasteiger partial charge in [0.25, 0.3) is 0 Å². The number of hydrogen-bond acceptors (Lipinski definition) is 3. The molecule has 1 saturated heterocycles. The number of nitrogen functional groups attached to an aromatic ring is 1. The van der Waals surface area contributed by atoms with Gasteiger partial charge in [0, 0.05) is 10.2 Å². The largest absolute Gasteiger partial charge is 0.399 e. The molecule has 17 heavy (non-hydrogen) atoms. The Morgan fingerprint density at radius 1 is 1.41 bits per heavy atom. The summed E-state index contributed by atoms with van der Waals surface area (Å²) in [4.78, 5) is 14.0. The van der Waals surface area contributed by atoms with Crippen molar-refractivity contribution < 1.29 is 4.79 Å². The molecule has 2 rings (SSSR count). The number of nitrogens with zero attached hydrogens (tertiary/aromatic N) is 1. The molecule has 0 aliphatic carbocycles. The molecule has 1 aromatic rings. The van der Waals surface area contributed by atoms with Gasteiger partial charge in [0.05, 0.1) is 12.2 Å². The molecule has 0 atom stereocenters. The Hall–Kier alpha value is -1.07. The van der Waals surface area contributed by atoms with Gasteiger partial charge in [0.2, 0.25) is 5.91 Å². The molecule has 0 aromatic heterocycles. The van der Waals surface area contributed by atoms with Gasteiger partial charge in [-0.3, -0.25) is 9.69 Å². The molecule has 0 radical (unpaired) electrons. The Morgan fingerprint density at radius 2 is 2.12 bits per heavy atom. The number of benzene rings is 1. The zero-order valence-corrected chi connectivity index (χ0v) is 11.2. The van der Waals surface area contributed by atoms with E-state index in [1.165, 1.54) is 12.8 Å². The third-order valence-corrected chi connectivity index (χ3v) is 3.49. The average Bonchev–Trinajstić information content (AvgIpc) is 2.75. The molecule has 0 spiro atoms. The number of rotatable bonds is 3. The van der Waals surface area contributed by atoms with Gasteiger partial charge in [0.15, 0.2) is 0 Å². The van der Waals surface area contributed by atoms with E-state index in [9.17, 15) is 4.79 Å². The number of carbonyl (C=O) groups excluding carboxylic acids is 1. The molecule has 1 amide bonds. The van der Waals surface area contributed by atoms with E-state index in [0.717, 1.165) is 23.2 Å². The lowest BCUT2D eigenvalue weighted by atomic mass is 10.3. The normalized spacial score (nSPS) is 16.1. The maximum Gasteiger partial charge on any atom is 0.238 e. The number of likely N-dealkylation sites (tertiary alicyclic amines) is 1. The van der Waals surface area contributed by atoms with Crippen molar-refractivity contribution in [3.05, 3.63) is 22.7 Å². The zero-order valence-electron chi connectivity index (χ0n) is 9.58. The van der Waals surface area contributed by atoms with Crippen molar-refractivity contribution in [2.75, 3.05) is 30.7 Å². The molecule has 3 N–H and O–H groups in total. The number of nitrogens with two attached hydrogens (primary N) is 1. The molecule has 0 saturated carbocycles. The molecule has 1 fully saturated rings. The van der Waals surface area contributed by atoms with Crippen LogP contribution in [0.15, 0.2) is 22.7 Å². The first kappa shape index (κ1) is 12.4. The lowest BCUT2D eigenvalue weighted by Crippen LogP contribution is -2.30. The van der Waals surface area contributed by atoms with Crippen LogP contribution in [0.1, 0.15) is 12.8 Å². The van der Waals surface area contributed by atoms with Crippen LogP contribution in [0.4, 0.5) is 11.4 Å². The third kappa shape index (κ3) is 3.44. The van der Waals surface area contributed by atoms with Crippen molar-refractivity contribution in [2.24, 2.45) is 0 Å². The molecule has 4 nitrogen and oxygen atoms in total. The predicted octanol–water partition coefficient (Wildman–Crippen LogP) is 2.07. The van der Waals surface area contributed by atoms with Crippen LogP contribution in [0.3, 0.4) is 0 Å². The van der Waals surface area contributed by atoms with Gasteiger partial charge in [-0.1, -0.05) is 0 Å². The quantitative estimate of drug-likeness (QED) is 0.840. The minimum atomic E-state index is 0.0253. The van der Waals surface area contributed by atoms with Crippen LogP contribution in [0.5, 0.6) is 0 Å². The Bertz CT molecular complexity index is 416. The first-order chi connectivity index (χ1) is 8.15. The van der Waals surface area contributed by atoms with Gasteiger partial charge in [-0.25, -0.2) is 0 Å². The van der Waals surface area contributed by atoms with E-state index in [4.69, 9.17) is 5.73 Å². The first-order valence-corrected chi connectivity index (χ1v) is 6.52. The molecule has 1 heterocycles. The third-order valence-electron chi connectivity index (χ3n) is 2.83. The highest BCUT2D eigenvalue weighted by Gasteiger charge is 2.15. The lowest BCUT2D eigenvalue weighted by Gasteiger charge is -2.14. The van der Waals surface area contributed by atoms with Crippen molar-refractivity contribution in [3.63, 3.8) is 0 Å². The van der Waals surface area contributed by atoms with Gasteiger partial charge in [-0.15, -0.1) is 0 Å². The van der Waals surface area contributed by atoms with Crippen molar-refractivity contribution in [3.8, 4) is 0 Å². The van der Waals surface area contributed by atoms with Crippen LogP contribution >= 0.6 is 15.9 Å². The second kappa shape index (κ2) is 5.51. The van der Waals surface area contributed by atoms with E-state index >= 15 is 0 Å². The predicted molar refractivity (Wildman–Crippen MR) is 72.9 cm³/mol. The van der Waals surface area contributed by atoms with Gasteiger partial charge >= 0.3 is 0 Å². The van der Waals surface area contributed by atoms with Crippen molar-refractivity contribution >= 4 is 33.2 Å². The van der Waals surface area contributed by atoms with E-state index in [-0.39, 0.29) is 5.91 Å². The topological polar surface area (TPSA) is 58.4 Å². The van der Waals surface area contributed by atoms with Crippen LogP contribution < -0.4 is 11.1 Å². The van der Waals surface area contributed by atoms with Gasteiger partial charge in [0.1, 0.15) is 0 Å². The molecule has 1 aromatic carbocycles. The maximum absolute atomic E-state index is 11.8. The van der Waals surface area contributed by atoms with Gasteiger partial charge in [-0.2, -0.15) is 0 Å². The number of nitrogens with one attached hydrogen (secondary N) is 1. The molecule has 0 bridgehead atoms. The average molecular weight is 298 g/mol. The molecular weight excluding hydrogens is 282 g/mol. The van der Waals surface area contributed by atoms with Crippen LogP contribution in [0.2, 0.25) is 0 Å². The van der Waals surface area contributed by atoms with Crippen LogP contribution in [0.25, 0.3) is 0 Å². The summed E-state index contributed by atoms with van der Waals surface area (Å²) in [5, 5.41) is 2.88. The standard InChI is InChI=1S/C12H16BrN3O/c13-10-7-9(14)3-4-11(10)15-12(17)8-16-5-1-2-6-16/h3-4,7H,1-2,5-6,8,14H2,(H,15,17). The van der Waals surface area contributed by atoms with Crippen LogP contribution in [-0.4, -0.2) is 30.4 Å². The minimum absolute atomic E-state index is 0.0253. The maximum atomic E-state index is 11.8. The Balaban J connectivity index is 1.93. The summed E-state index contributed by atoms with van der Waals surface area (Å²) < 4.78 is 0.812. The van der Waals surface area contributed by atoms with Crippen LogP contribution in [0, 0.1) is 0 Å². The molecule has 1 aliphatic rings. The molecule has 5 heteroatoms. The monoisotopic (exact) mass is 297 g/mol. The minimum Gasteiger partial charge on any atom is -0.399 e. The van der Waals surface area contributed by atoms with E-state index in [1.54, 1.807) is 18.2 Å².